The normalized spacial score (nSPS) is 18.8. The number of hydrogen-bond acceptors (Lipinski definition) is 5. The van der Waals surface area contributed by atoms with E-state index in [0.29, 0.717) is 34.0 Å². The largest absolute Gasteiger partial charge is 0.359 e. The summed E-state index contributed by atoms with van der Waals surface area (Å²) >= 11 is 0. The van der Waals surface area contributed by atoms with Crippen molar-refractivity contribution < 1.29 is 14.3 Å². The fraction of sp³-hybridized carbons (Fsp3) is 0.588. The molecule has 0 aliphatic carbocycles. The van der Waals surface area contributed by atoms with Gasteiger partial charge in [-0.3, -0.25) is 9.42 Å². The summed E-state index contributed by atoms with van der Waals surface area (Å²) in [7, 11) is 0. The Labute approximate surface area is 141 Å². The maximum absolute atomic E-state index is 12.2. The van der Waals surface area contributed by atoms with Crippen LogP contribution in [0.1, 0.15) is 43.0 Å². The molecule has 0 saturated carbocycles. The second kappa shape index (κ2) is 7.61. The van der Waals surface area contributed by atoms with Gasteiger partial charge >= 0.3 is 0 Å². The molecule has 7 heteroatoms. The fourth-order valence-corrected chi connectivity index (χ4v) is 3.42. The number of likely N-dealkylation sites (tertiary alicyclic amines) is 1. The minimum Gasteiger partial charge on any atom is -0.359 e. The number of carbonyl (C=O) groups excluding carboxylic acids is 1. The molecule has 0 radical (unpaired) electrons. The second-order valence-electron chi connectivity index (χ2n) is 6.49. The molecule has 0 spiro atoms. The van der Waals surface area contributed by atoms with Gasteiger partial charge in [0.15, 0.2) is 0 Å². The van der Waals surface area contributed by atoms with Crippen LogP contribution in [0.4, 0.5) is 0 Å². The monoisotopic (exact) mass is 332 g/mol. The second-order valence-corrected chi connectivity index (χ2v) is 6.49. The predicted molar refractivity (Wildman–Crippen MR) is 89.4 cm³/mol. The third kappa shape index (κ3) is 3.84. The van der Waals surface area contributed by atoms with Gasteiger partial charge in [-0.05, 0) is 61.7 Å². The molecule has 1 N–H and O–H groups in total. The van der Waals surface area contributed by atoms with Crippen molar-refractivity contribution in [2.45, 2.75) is 32.6 Å². The standard InChI is InChI=1S/C17H24N4O3/c1-2-9-20-10-3-4-13(12-20)7-8-18-17(22)14-5-6-16-15(11-14)19-24-21(16)23/h5-6,11,13H,2-4,7-10,12H2,1H3,(H,18,22). The van der Waals surface area contributed by atoms with Gasteiger partial charge in [-0.2, -0.15) is 0 Å². The van der Waals surface area contributed by atoms with E-state index in [-0.39, 0.29) is 5.91 Å². The van der Waals surface area contributed by atoms with E-state index in [1.54, 1.807) is 18.2 Å². The number of nitrogens with one attached hydrogen (secondary N) is 1. The lowest BCUT2D eigenvalue weighted by atomic mass is 9.94. The molecule has 1 unspecified atom stereocenters. The number of benzene rings is 1. The highest BCUT2D eigenvalue weighted by Crippen LogP contribution is 2.19. The van der Waals surface area contributed by atoms with Crippen LogP contribution in [0.15, 0.2) is 22.8 Å². The van der Waals surface area contributed by atoms with Crippen molar-refractivity contribution in [2.75, 3.05) is 26.2 Å². The van der Waals surface area contributed by atoms with Crippen LogP contribution in [0, 0.1) is 11.1 Å². The molecule has 2 heterocycles. The maximum Gasteiger partial charge on any atom is 0.251 e. The molecule has 1 atom stereocenters. The smallest absolute Gasteiger partial charge is 0.251 e. The van der Waals surface area contributed by atoms with Gasteiger partial charge in [0.25, 0.3) is 5.91 Å². The lowest BCUT2D eigenvalue weighted by Crippen LogP contribution is -2.37. The highest BCUT2D eigenvalue weighted by Gasteiger charge is 2.19. The molecule has 1 aliphatic heterocycles. The lowest BCUT2D eigenvalue weighted by Gasteiger charge is -2.32. The number of fused-ring (bicyclic) bond motifs is 1. The van der Waals surface area contributed by atoms with Crippen LogP contribution in [0.25, 0.3) is 11.0 Å². The zero-order valence-corrected chi connectivity index (χ0v) is 14.0. The summed E-state index contributed by atoms with van der Waals surface area (Å²) in [4.78, 5) is 15.1. The van der Waals surface area contributed by atoms with Gasteiger partial charge in [0.1, 0.15) is 0 Å². The van der Waals surface area contributed by atoms with Gasteiger partial charge in [0.2, 0.25) is 11.0 Å². The zero-order valence-electron chi connectivity index (χ0n) is 14.0. The minimum absolute atomic E-state index is 0.140. The molecule has 24 heavy (non-hydrogen) atoms. The third-order valence-electron chi connectivity index (χ3n) is 4.63. The summed E-state index contributed by atoms with van der Waals surface area (Å²) in [6, 6.07) is 4.75. The SMILES string of the molecule is CCCN1CCCC(CCNC(=O)c2ccc3c(c2)no[n+]3[O-])C1. The van der Waals surface area contributed by atoms with Gasteiger partial charge in [-0.25, -0.2) is 0 Å². The first kappa shape index (κ1) is 16.7. The molecule has 3 rings (SSSR count). The van der Waals surface area contributed by atoms with Crippen molar-refractivity contribution in [2.24, 2.45) is 5.92 Å². The van der Waals surface area contributed by atoms with Gasteiger partial charge < -0.3 is 15.4 Å². The molecular weight excluding hydrogens is 308 g/mol. The van der Waals surface area contributed by atoms with Gasteiger partial charge in [0, 0.05) is 29.9 Å². The van der Waals surface area contributed by atoms with E-state index < -0.39 is 0 Å². The first-order valence-corrected chi connectivity index (χ1v) is 8.67. The van der Waals surface area contributed by atoms with Crippen molar-refractivity contribution in [1.82, 2.24) is 15.4 Å². The van der Waals surface area contributed by atoms with Crippen molar-refractivity contribution in [3.8, 4) is 0 Å². The molecular formula is C17H24N4O3. The van der Waals surface area contributed by atoms with Gasteiger partial charge in [-0.1, -0.05) is 6.92 Å². The van der Waals surface area contributed by atoms with Crippen LogP contribution in [0.5, 0.6) is 0 Å². The van der Waals surface area contributed by atoms with E-state index in [1.807, 2.05) is 0 Å². The topological polar surface area (TPSA) is 85.3 Å². The fourth-order valence-electron chi connectivity index (χ4n) is 3.42. The maximum atomic E-state index is 12.2. The van der Waals surface area contributed by atoms with E-state index >= 15 is 0 Å². The first-order chi connectivity index (χ1) is 11.7. The molecule has 1 aromatic carbocycles. The number of carbonyl (C=O) groups is 1. The zero-order chi connectivity index (χ0) is 16.9. The van der Waals surface area contributed by atoms with Crippen molar-refractivity contribution in [3.63, 3.8) is 0 Å². The summed E-state index contributed by atoms with van der Waals surface area (Å²) < 4.78 is 4.51. The Morgan fingerprint density at radius 1 is 1.54 bits per heavy atom. The molecule has 130 valence electrons. The van der Waals surface area contributed by atoms with Crippen LogP contribution < -0.4 is 10.2 Å². The minimum atomic E-state index is -0.140. The van der Waals surface area contributed by atoms with Crippen LogP contribution >= 0.6 is 0 Å². The molecule has 1 aliphatic rings. The van der Waals surface area contributed by atoms with Crippen LogP contribution in [-0.2, 0) is 0 Å². The van der Waals surface area contributed by atoms with Gasteiger partial charge in [0.05, 0.1) is 0 Å². The summed E-state index contributed by atoms with van der Waals surface area (Å²) in [5.41, 5.74) is 1.21. The number of hydrogen-bond donors (Lipinski definition) is 1. The Balaban J connectivity index is 1.49. The van der Waals surface area contributed by atoms with E-state index in [0.717, 1.165) is 13.0 Å². The summed E-state index contributed by atoms with van der Waals surface area (Å²) in [5, 5.41) is 17.9. The highest BCUT2D eigenvalue weighted by molar-refractivity contribution is 5.96. The molecule has 2 aromatic rings. The number of aromatic nitrogens is 2. The van der Waals surface area contributed by atoms with E-state index in [4.69, 9.17) is 0 Å². The number of piperidine rings is 1. The summed E-state index contributed by atoms with van der Waals surface area (Å²) in [5.74, 6) is 0.515. The van der Waals surface area contributed by atoms with E-state index in [2.05, 4.69) is 26.9 Å². The number of amides is 1. The average molecular weight is 332 g/mol. The summed E-state index contributed by atoms with van der Waals surface area (Å²) in [6.07, 6.45) is 4.68. The van der Waals surface area contributed by atoms with E-state index in [1.165, 1.54) is 32.4 Å². The Morgan fingerprint density at radius 2 is 2.42 bits per heavy atom. The molecule has 1 amide bonds. The van der Waals surface area contributed by atoms with Crippen molar-refractivity contribution >= 4 is 16.9 Å². The molecule has 0 bridgehead atoms. The Hall–Kier alpha value is -2.15. The third-order valence-corrected chi connectivity index (χ3v) is 4.63. The van der Waals surface area contributed by atoms with Crippen molar-refractivity contribution in [3.05, 3.63) is 29.0 Å². The first-order valence-electron chi connectivity index (χ1n) is 8.67. The molecule has 1 saturated heterocycles. The quantitative estimate of drug-likeness (QED) is 0.814. The van der Waals surface area contributed by atoms with Crippen LogP contribution in [-0.4, -0.2) is 42.1 Å². The van der Waals surface area contributed by atoms with Crippen LogP contribution in [0.3, 0.4) is 0 Å². The Bertz CT molecular complexity index is 698. The predicted octanol–water partition coefficient (Wildman–Crippen LogP) is 1.70. The average Bonchev–Trinajstić information content (AvgIpc) is 2.96. The van der Waals surface area contributed by atoms with Crippen LogP contribution in [0.2, 0.25) is 0 Å². The van der Waals surface area contributed by atoms with Gasteiger partial charge in [-0.15, -0.1) is 0 Å². The summed E-state index contributed by atoms with van der Waals surface area (Å²) in [6.45, 7) is 6.39. The highest BCUT2D eigenvalue weighted by atomic mass is 16.8. The number of nitrogens with zero attached hydrogens (tertiary/aromatic N) is 3. The molecule has 1 fully saturated rings. The lowest BCUT2D eigenvalue weighted by molar-refractivity contribution is -0.782. The van der Waals surface area contributed by atoms with E-state index in [9.17, 15) is 10.0 Å². The molecule has 7 nitrogen and oxygen atoms in total. The Kier molecular flexibility index (Phi) is 5.30. The molecule has 1 aromatic heterocycles. The van der Waals surface area contributed by atoms with Crippen molar-refractivity contribution in [1.29, 1.82) is 0 Å². The number of rotatable bonds is 6. The Morgan fingerprint density at radius 3 is 3.25 bits per heavy atom.